The van der Waals surface area contributed by atoms with Crippen molar-refractivity contribution in [2.75, 3.05) is 52.4 Å². The van der Waals surface area contributed by atoms with Gasteiger partial charge in [0.25, 0.3) is 0 Å². The number of halogens is 2. The van der Waals surface area contributed by atoms with Gasteiger partial charge >= 0.3 is 0 Å². The number of amides is 1. The number of carbonyl (C=O) groups excluding carboxylic acids is 1. The molecule has 1 aromatic carbocycles. The van der Waals surface area contributed by atoms with E-state index in [9.17, 15) is 4.79 Å². The monoisotopic (exact) mass is 563 g/mol. The highest BCUT2D eigenvalue weighted by atomic mass is 127. The molecule has 0 radical (unpaired) electrons. The van der Waals surface area contributed by atoms with Crippen molar-refractivity contribution in [3.8, 4) is 0 Å². The highest BCUT2D eigenvalue weighted by molar-refractivity contribution is 14.0. The molecule has 0 spiro atoms. The third kappa shape index (κ3) is 6.88. The maximum absolute atomic E-state index is 12.3. The Bertz CT molecular complexity index is 641. The lowest BCUT2D eigenvalue weighted by Crippen LogP contribution is -2.54. The van der Waals surface area contributed by atoms with Gasteiger partial charge in [-0.25, -0.2) is 4.99 Å². The van der Waals surface area contributed by atoms with E-state index in [-0.39, 0.29) is 29.9 Å². The van der Waals surface area contributed by atoms with Crippen LogP contribution >= 0.6 is 39.9 Å². The molecule has 156 valence electrons. The molecule has 1 aromatic rings. The fourth-order valence-corrected chi connectivity index (χ4v) is 3.82. The van der Waals surface area contributed by atoms with Crippen LogP contribution in [-0.2, 0) is 11.3 Å². The summed E-state index contributed by atoms with van der Waals surface area (Å²) in [6.45, 7) is 9.66. The summed E-state index contributed by atoms with van der Waals surface area (Å²) in [4.78, 5) is 23.7. The third-order valence-corrected chi connectivity index (χ3v) is 5.68. The third-order valence-electron chi connectivity index (χ3n) is 5.15. The molecule has 3 rings (SSSR count). The fourth-order valence-electron chi connectivity index (χ4n) is 3.56. The van der Waals surface area contributed by atoms with Crippen LogP contribution in [0.2, 0.25) is 0 Å². The Morgan fingerprint density at radius 2 is 1.68 bits per heavy atom. The highest BCUT2D eigenvalue weighted by Gasteiger charge is 2.24. The van der Waals surface area contributed by atoms with Gasteiger partial charge in [0, 0.05) is 50.3 Å². The van der Waals surface area contributed by atoms with Crippen LogP contribution in [0.5, 0.6) is 0 Å². The van der Waals surface area contributed by atoms with Crippen molar-refractivity contribution in [1.29, 1.82) is 0 Å². The minimum absolute atomic E-state index is 0. The van der Waals surface area contributed by atoms with Crippen LogP contribution < -0.4 is 5.32 Å². The molecule has 1 amide bonds. The number of rotatable bonds is 5. The molecular weight excluding hydrogens is 533 g/mol. The second kappa shape index (κ2) is 12.0. The number of guanidine groups is 1. The van der Waals surface area contributed by atoms with Crippen LogP contribution in [0.1, 0.15) is 25.3 Å². The van der Waals surface area contributed by atoms with Crippen molar-refractivity contribution in [2.24, 2.45) is 4.99 Å². The second-order valence-corrected chi connectivity index (χ2v) is 8.06. The number of hydrogen-bond donors (Lipinski definition) is 1. The van der Waals surface area contributed by atoms with E-state index in [1.54, 1.807) is 0 Å². The lowest BCUT2D eigenvalue weighted by Gasteiger charge is -2.36. The summed E-state index contributed by atoms with van der Waals surface area (Å²) in [5.41, 5.74) is 1.20. The van der Waals surface area contributed by atoms with E-state index in [4.69, 9.17) is 4.99 Å². The van der Waals surface area contributed by atoms with E-state index in [1.807, 2.05) is 17.0 Å². The molecular formula is C20H31BrIN5O. The Morgan fingerprint density at radius 1 is 1.04 bits per heavy atom. The van der Waals surface area contributed by atoms with E-state index >= 15 is 0 Å². The molecule has 0 aliphatic carbocycles. The molecule has 2 aliphatic heterocycles. The average Bonchev–Trinajstić information content (AvgIpc) is 3.22. The first kappa shape index (κ1) is 23.4. The zero-order chi connectivity index (χ0) is 19.1. The molecule has 2 heterocycles. The van der Waals surface area contributed by atoms with Gasteiger partial charge in [-0.05, 0) is 37.5 Å². The Hall–Kier alpha value is -0.870. The first-order chi connectivity index (χ1) is 13.2. The van der Waals surface area contributed by atoms with Crippen LogP contribution in [0.3, 0.4) is 0 Å². The minimum Gasteiger partial charge on any atom is -0.357 e. The number of nitrogens with zero attached hydrogens (tertiary/aromatic N) is 4. The van der Waals surface area contributed by atoms with Gasteiger partial charge < -0.3 is 15.1 Å². The van der Waals surface area contributed by atoms with Crippen molar-refractivity contribution in [3.63, 3.8) is 0 Å². The van der Waals surface area contributed by atoms with Gasteiger partial charge in [0.2, 0.25) is 5.91 Å². The predicted molar refractivity (Wildman–Crippen MR) is 128 cm³/mol. The maximum Gasteiger partial charge on any atom is 0.236 e. The molecule has 0 unspecified atom stereocenters. The van der Waals surface area contributed by atoms with Gasteiger partial charge in [-0.1, -0.05) is 28.1 Å². The molecule has 0 atom stereocenters. The van der Waals surface area contributed by atoms with Gasteiger partial charge in [-0.15, -0.1) is 24.0 Å². The summed E-state index contributed by atoms with van der Waals surface area (Å²) in [6.07, 6.45) is 2.31. The topological polar surface area (TPSA) is 51.2 Å². The van der Waals surface area contributed by atoms with Crippen molar-refractivity contribution < 1.29 is 4.79 Å². The summed E-state index contributed by atoms with van der Waals surface area (Å²) in [5, 5.41) is 3.41. The zero-order valence-electron chi connectivity index (χ0n) is 16.6. The number of carbonyl (C=O) groups is 1. The quantitative estimate of drug-likeness (QED) is 0.340. The molecule has 0 aromatic heterocycles. The lowest BCUT2D eigenvalue weighted by molar-refractivity contribution is -0.131. The smallest absolute Gasteiger partial charge is 0.236 e. The SMILES string of the molecule is CCNC(=NCc1ccc(Br)cc1)N1CCN(CC(=O)N2CCCC2)CC1.I. The standard InChI is InChI=1S/C20H30BrN5O.HI/c1-2-22-20(23-15-17-5-7-18(21)8-6-17)26-13-11-24(12-14-26)16-19(27)25-9-3-4-10-25;/h5-8H,2-4,9-16H2,1H3,(H,22,23);1H. The van der Waals surface area contributed by atoms with Crippen LogP contribution in [0.25, 0.3) is 0 Å². The maximum atomic E-state index is 12.3. The van der Waals surface area contributed by atoms with Gasteiger partial charge in [0.15, 0.2) is 5.96 Å². The Kier molecular flexibility index (Phi) is 10.0. The highest BCUT2D eigenvalue weighted by Crippen LogP contribution is 2.12. The molecule has 1 N–H and O–H groups in total. The molecule has 2 fully saturated rings. The molecule has 2 aliphatic rings. The number of nitrogens with one attached hydrogen (secondary N) is 1. The summed E-state index contributed by atoms with van der Waals surface area (Å²) in [6, 6.07) is 8.29. The molecule has 8 heteroatoms. The molecule has 0 saturated carbocycles. The molecule has 6 nitrogen and oxygen atoms in total. The average molecular weight is 564 g/mol. The summed E-state index contributed by atoms with van der Waals surface area (Å²) < 4.78 is 1.08. The zero-order valence-corrected chi connectivity index (χ0v) is 20.5. The summed E-state index contributed by atoms with van der Waals surface area (Å²) >= 11 is 3.47. The van der Waals surface area contributed by atoms with Crippen molar-refractivity contribution in [3.05, 3.63) is 34.3 Å². The number of aliphatic imine (C=N–C) groups is 1. The van der Waals surface area contributed by atoms with Gasteiger partial charge in [-0.3, -0.25) is 9.69 Å². The Labute approximate surface area is 193 Å². The van der Waals surface area contributed by atoms with Crippen LogP contribution in [0.15, 0.2) is 33.7 Å². The van der Waals surface area contributed by atoms with Crippen molar-refractivity contribution in [2.45, 2.75) is 26.3 Å². The number of likely N-dealkylation sites (tertiary alicyclic amines) is 1. The lowest BCUT2D eigenvalue weighted by atomic mass is 10.2. The van der Waals surface area contributed by atoms with Crippen LogP contribution in [0, 0.1) is 0 Å². The number of piperazine rings is 1. The van der Waals surface area contributed by atoms with Crippen molar-refractivity contribution >= 4 is 51.8 Å². The van der Waals surface area contributed by atoms with E-state index in [1.165, 1.54) is 5.56 Å². The van der Waals surface area contributed by atoms with Gasteiger partial charge in [-0.2, -0.15) is 0 Å². The van der Waals surface area contributed by atoms with E-state index in [0.717, 1.165) is 69.1 Å². The Morgan fingerprint density at radius 3 is 2.29 bits per heavy atom. The van der Waals surface area contributed by atoms with E-state index in [2.05, 4.69) is 50.1 Å². The van der Waals surface area contributed by atoms with Crippen LogP contribution in [-0.4, -0.2) is 78.9 Å². The molecule has 28 heavy (non-hydrogen) atoms. The second-order valence-electron chi connectivity index (χ2n) is 7.15. The van der Waals surface area contributed by atoms with Crippen molar-refractivity contribution in [1.82, 2.24) is 20.0 Å². The number of benzene rings is 1. The normalized spacial score (nSPS) is 18.1. The van der Waals surface area contributed by atoms with Crippen LogP contribution in [0.4, 0.5) is 0 Å². The van der Waals surface area contributed by atoms with Gasteiger partial charge in [0.1, 0.15) is 0 Å². The summed E-state index contributed by atoms with van der Waals surface area (Å²) in [7, 11) is 0. The minimum atomic E-state index is 0. The first-order valence-corrected chi connectivity index (χ1v) is 10.7. The summed E-state index contributed by atoms with van der Waals surface area (Å²) in [5.74, 6) is 1.25. The fraction of sp³-hybridized carbons (Fsp3) is 0.600. The van der Waals surface area contributed by atoms with Gasteiger partial charge in [0.05, 0.1) is 13.1 Å². The Balaban J connectivity index is 0.00000280. The first-order valence-electron chi connectivity index (χ1n) is 9.93. The molecule has 2 saturated heterocycles. The largest absolute Gasteiger partial charge is 0.357 e. The predicted octanol–water partition coefficient (Wildman–Crippen LogP) is 2.77. The number of hydrogen-bond acceptors (Lipinski definition) is 3. The van der Waals surface area contributed by atoms with E-state index < -0.39 is 0 Å². The molecule has 0 bridgehead atoms. The van der Waals surface area contributed by atoms with E-state index in [0.29, 0.717) is 13.1 Å².